The van der Waals surface area contributed by atoms with Gasteiger partial charge in [-0.25, -0.2) is 4.99 Å². The highest BCUT2D eigenvalue weighted by Crippen LogP contribution is 2.10. The second kappa shape index (κ2) is 8.48. The Kier molecular flexibility index (Phi) is 5.85. The van der Waals surface area contributed by atoms with E-state index in [0.717, 1.165) is 47.5 Å². The number of aliphatic imine (C=N–C) groups is 1. The Morgan fingerprint density at radius 3 is 2.76 bits per heavy atom. The van der Waals surface area contributed by atoms with Crippen LogP contribution in [0, 0.1) is 0 Å². The van der Waals surface area contributed by atoms with Crippen molar-refractivity contribution in [2.24, 2.45) is 4.99 Å². The molecule has 0 aliphatic rings. The van der Waals surface area contributed by atoms with Crippen LogP contribution in [-0.2, 0) is 13.0 Å². The second-order valence-corrected chi connectivity index (χ2v) is 5.98. The van der Waals surface area contributed by atoms with Gasteiger partial charge in [-0.3, -0.25) is 4.40 Å². The predicted octanol–water partition coefficient (Wildman–Crippen LogP) is 2.68. The van der Waals surface area contributed by atoms with Crippen molar-refractivity contribution in [3.05, 3.63) is 65.1 Å². The molecule has 0 unspecified atom stereocenters. The highest BCUT2D eigenvalue weighted by Gasteiger charge is 2.05. The quantitative estimate of drug-likeness (QED) is 0.526. The molecule has 0 saturated heterocycles. The van der Waals surface area contributed by atoms with Crippen LogP contribution in [0.1, 0.15) is 18.3 Å². The minimum atomic E-state index is 0.598. The minimum Gasteiger partial charge on any atom is -0.357 e. The second-order valence-electron chi connectivity index (χ2n) is 5.54. The van der Waals surface area contributed by atoms with E-state index in [-0.39, 0.29) is 0 Å². The Bertz CT molecular complexity index is 840. The normalized spacial score (nSPS) is 11.7. The molecule has 0 fully saturated rings. The summed E-state index contributed by atoms with van der Waals surface area (Å²) in [5.41, 5.74) is 1.98. The molecule has 3 rings (SSSR count). The molecule has 0 radical (unpaired) electrons. The summed E-state index contributed by atoms with van der Waals surface area (Å²) in [5, 5.41) is 15.7. The van der Waals surface area contributed by atoms with Crippen molar-refractivity contribution in [3.63, 3.8) is 0 Å². The van der Waals surface area contributed by atoms with E-state index in [1.165, 1.54) is 0 Å². The summed E-state index contributed by atoms with van der Waals surface area (Å²) < 4.78 is 2.00. The topological polar surface area (TPSA) is 66.6 Å². The van der Waals surface area contributed by atoms with Gasteiger partial charge in [0.25, 0.3) is 0 Å². The van der Waals surface area contributed by atoms with Crippen molar-refractivity contribution in [1.82, 2.24) is 25.2 Å². The molecule has 3 aromatic rings. The summed E-state index contributed by atoms with van der Waals surface area (Å²) in [4.78, 5) is 4.60. The van der Waals surface area contributed by atoms with Crippen molar-refractivity contribution in [3.8, 4) is 0 Å². The van der Waals surface area contributed by atoms with Crippen LogP contribution in [0.3, 0.4) is 0 Å². The van der Waals surface area contributed by atoms with Crippen LogP contribution in [0.2, 0.25) is 5.02 Å². The molecule has 0 aliphatic carbocycles. The van der Waals surface area contributed by atoms with Gasteiger partial charge in [-0.15, -0.1) is 10.2 Å². The highest BCUT2D eigenvalue weighted by molar-refractivity contribution is 6.30. The van der Waals surface area contributed by atoms with Crippen LogP contribution in [0.15, 0.2) is 53.7 Å². The number of hydrogen-bond acceptors (Lipinski definition) is 3. The monoisotopic (exact) mass is 356 g/mol. The summed E-state index contributed by atoms with van der Waals surface area (Å²) in [6.45, 7) is 4.17. The molecule has 0 spiro atoms. The first-order valence-corrected chi connectivity index (χ1v) is 8.69. The molecule has 0 saturated carbocycles. The van der Waals surface area contributed by atoms with Gasteiger partial charge < -0.3 is 10.6 Å². The lowest BCUT2D eigenvalue weighted by atomic mass is 10.2. The molecular formula is C18H21ClN6. The van der Waals surface area contributed by atoms with Crippen molar-refractivity contribution < 1.29 is 0 Å². The van der Waals surface area contributed by atoms with E-state index in [4.69, 9.17) is 11.6 Å². The molecule has 2 aromatic heterocycles. The number of fused-ring (bicyclic) bond motifs is 1. The van der Waals surface area contributed by atoms with Crippen molar-refractivity contribution >= 4 is 23.2 Å². The van der Waals surface area contributed by atoms with Gasteiger partial charge in [0.1, 0.15) is 5.82 Å². The van der Waals surface area contributed by atoms with E-state index < -0.39 is 0 Å². The molecule has 2 N–H and O–H groups in total. The van der Waals surface area contributed by atoms with E-state index >= 15 is 0 Å². The molecule has 2 heterocycles. The maximum absolute atomic E-state index is 5.91. The van der Waals surface area contributed by atoms with E-state index in [1.54, 1.807) is 0 Å². The minimum absolute atomic E-state index is 0.598. The molecule has 6 nitrogen and oxygen atoms in total. The molecular weight excluding hydrogens is 336 g/mol. The number of benzene rings is 1. The zero-order chi connectivity index (χ0) is 17.5. The van der Waals surface area contributed by atoms with Crippen LogP contribution >= 0.6 is 11.6 Å². The van der Waals surface area contributed by atoms with Crippen molar-refractivity contribution in [2.45, 2.75) is 19.9 Å². The van der Waals surface area contributed by atoms with Crippen LogP contribution < -0.4 is 10.6 Å². The standard InChI is InChI=1S/C18H21ClN6/c1-2-20-18(22-13-14-6-8-15(19)9-7-14)21-11-10-17-24-23-16-5-3-4-12-25(16)17/h3-9,12H,2,10-11,13H2,1H3,(H2,20,21,22). The van der Waals surface area contributed by atoms with Gasteiger partial charge in [-0.2, -0.15) is 0 Å². The van der Waals surface area contributed by atoms with E-state index in [0.29, 0.717) is 6.54 Å². The van der Waals surface area contributed by atoms with Crippen LogP contribution in [-0.4, -0.2) is 33.6 Å². The average Bonchev–Trinajstić information content (AvgIpc) is 3.04. The third kappa shape index (κ3) is 4.70. The molecule has 7 heteroatoms. The molecule has 0 atom stereocenters. The van der Waals surface area contributed by atoms with Gasteiger partial charge in [0, 0.05) is 30.7 Å². The van der Waals surface area contributed by atoms with Crippen molar-refractivity contribution in [2.75, 3.05) is 13.1 Å². The number of hydrogen-bond donors (Lipinski definition) is 2. The number of rotatable bonds is 6. The fraction of sp³-hybridized carbons (Fsp3) is 0.278. The Morgan fingerprint density at radius 1 is 1.12 bits per heavy atom. The van der Waals surface area contributed by atoms with E-state index in [1.807, 2.05) is 60.0 Å². The SMILES string of the molecule is CCNC(=NCc1ccc(Cl)cc1)NCCc1nnc2ccccn12. The Hall–Kier alpha value is -2.60. The van der Waals surface area contributed by atoms with Gasteiger partial charge >= 0.3 is 0 Å². The Labute approximate surface area is 152 Å². The molecule has 0 aliphatic heterocycles. The van der Waals surface area contributed by atoms with Crippen LogP contribution in [0.4, 0.5) is 0 Å². The first-order valence-electron chi connectivity index (χ1n) is 8.31. The molecule has 1 aromatic carbocycles. The lowest BCUT2D eigenvalue weighted by Crippen LogP contribution is -2.38. The van der Waals surface area contributed by atoms with E-state index in [2.05, 4.69) is 25.8 Å². The summed E-state index contributed by atoms with van der Waals surface area (Å²) in [5.74, 6) is 1.71. The molecule has 0 amide bonds. The van der Waals surface area contributed by atoms with Gasteiger partial charge in [0.05, 0.1) is 6.54 Å². The zero-order valence-electron chi connectivity index (χ0n) is 14.1. The summed E-state index contributed by atoms with van der Waals surface area (Å²) in [7, 11) is 0. The lowest BCUT2D eigenvalue weighted by molar-refractivity contribution is 0.763. The number of halogens is 1. The average molecular weight is 357 g/mol. The maximum Gasteiger partial charge on any atom is 0.191 e. The lowest BCUT2D eigenvalue weighted by Gasteiger charge is -2.11. The molecule has 0 bridgehead atoms. The maximum atomic E-state index is 5.91. The molecule has 130 valence electrons. The fourth-order valence-electron chi connectivity index (χ4n) is 2.46. The summed E-state index contributed by atoms with van der Waals surface area (Å²) in [6.07, 6.45) is 2.74. The fourth-order valence-corrected chi connectivity index (χ4v) is 2.58. The largest absolute Gasteiger partial charge is 0.357 e. The number of pyridine rings is 1. The smallest absolute Gasteiger partial charge is 0.191 e. The third-order valence-electron chi connectivity index (χ3n) is 3.70. The predicted molar refractivity (Wildman–Crippen MR) is 101 cm³/mol. The van der Waals surface area contributed by atoms with Crippen LogP contribution in [0.25, 0.3) is 5.65 Å². The highest BCUT2D eigenvalue weighted by atomic mass is 35.5. The number of aromatic nitrogens is 3. The van der Waals surface area contributed by atoms with Gasteiger partial charge in [0.15, 0.2) is 11.6 Å². The Balaban J connectivity index is 1.58. The third-order valence-corrected chi connectivity index (χ3v) is 3.95. The van der Waals surface area contributed by atoms with Crippen LogP contribution in [0.5, 0.6) is 0 Å². The number of nitrogens with one attached hydrogen (secondary N) is 2. The van der Waals surface area contributed by atoms with Gasteiger partial charge in [0.2, 0.25) is 0 Å². The summed E-state index contributed by atoms with van der Waals surface area (Å²) >= 11 is 5.91. The first-order chi connectivity index (χ1) is 12.3. The molecule has 25 heavy (non-hydrogen) atoms. The summed E-state index contributed by atoms with van der Waals surface area (Å²) in [6, 6.07) is 13.6. The van der Waals surface area contributed by atoms with Crippen molar-refractivity contribution in [1.29, 1.82) is 0 Å². The van der Waals surface area contributed by atoms with Gasteiger partial charge in [-0.1, -0.05) is 29.8 Å². The van der Waals surface area contributed by atoms with Gasteiger partial charge in [-0.05, 0) is 36.8 Å². The first kappa shape index (κ1) is 17.2. The number of nitrogens with zero attached hydrogens (tertiary/aromatic N) is 4. The Morgan fingerprint density at radius 2 is 1.96 bits per heavy atom. The number of guanidine groups is 1. The van der Waals surface area contributed by atoms with E-state index in [9.17, 15) is 0 Å². The zero-order valence-corrected chi connectivity index (χ0v) is 14.9.